The van der Waals surface area contributed by atoms with E-state index in [0.717, 1.165) is 53.5 Å². The smallest absolute Gasteiger partial charge is 0.189 e. The summed E-state index contributed by atoms with van der Waals surface area (Å²) in [6, 6.07) is 4.23. The van der Waals surface area contributed by atoms with Crippen molar-refractivity contribution in [3.8, 4) is 11.3 Å². The summed E-state index contributed by atoms with van der Waals surface area (Å²) in [6.07, 6.45) is 8.58. The van der Waals surface area contributed by atoms with Gasteiger partial charge < -0.3 is 19.9 Å². The van der Waals surface area contributed by atoms with Crippen LogP contribution in [0.1, 0.15) is 37.5 Å². The largest absolute Gasteiger partial charge is 0.393 e. The van der Waals surface area contributed by atoms with Crippen LogP contribution in [0.2, 0.25) is 0 Å². The average molecular weight is 388 g/mol. The first-order valence-electron chi connectivity index (χ1n) is 9.28. The molecule has 0 amide bonds. The summed E-state index contributed by atoms with van der Waals surface area (Å²) in [5.41, 5.74) is 2.59. The molecule has 7 nitrogen and oxygen atoms in total. The number of nitrogens with one attached hydrogen (secondary N) is 1. The van der Waals surface area contributed by atoms with Crippen molar-refractivity contribution in [2.45, 2.75) is 49.3 Å². The minimum absolute atomic E-state index is 0.177. The molecule has 2 fully saturated rings. The Morgan fingerprint density at radius 2 is 1.85 bits per heavy atom. The molecule has 4 rings (SSSR count). The van der Waals surface area contributed by atoms with Crippen LogP contribution >= 0.6 is 11.8 Å². The molecule has 144 valence electrons. The van der Waals surface area contributed by atoms with Crippen molar-refractivity contribution >= 4 is 17.6 Å². The van der Waals surface area contributed by atoms with E-state index >= 15 is 0 Å². The zero-order valence-electron chi connectivity index (χ0n) is 15.3. The van der Waals surface area contributed by atoms with Crippen molar-refractivity contribution in [2.75, 3.05) is 24.8 Å². The number of hydrogen-bond donors (Lipinski definition) is 2. The fraction of sp³-hybridized carbons (Fsp3) is 0.526. The maximum atomic E-state index is 9.74. The Bertz CT molecular complexity index is 760. The van der Waals surface area contributed by atoms with Crippen LogP contribution in [-0.4, -0.2) is 51.7 Å². The number of hydrogen-bond acceptors (Lipinski definition) is 8. The molecule has 0 spiro atoms. The van der Waals surface area contributed by atoms with E-state index < -0.39 is 0 Å². The summed E-state index contributed by atoms with van der Waals surface area (Å²) in [5.74, 6) is 0.796. The number of aliphatic hydroxyl groups excluding tert-OH is 1. The highest BCUT2D eigenvalue weighted by Gasteiger charge is 2.22. The lowest BCUT2D eigenvalue weighted by molar-refractivity contribution is -0.0443. The third-order valence-electron chi connectivity index (χ3n) is 4.94. The normalized spacial score (nSPS) is 23.5. The number of pyridine rings is 1. The quantitative estimate of drug-likeness (QED) is 0.597. The fourth-order valence-corrected chi connectivity index (χ4v) is 3.77. The minimum atomic E-state index is -0.326. The third-order valence-corrected chi connectivity index (χ3v) is 5.50. The van der Waals surface area contributed by atoms with Gasteiger partial charge in [0, 0.05) is 24.0 Å². The first-order chi connectivity index (χ1) is 13.2. The highest BCUT2D eigenvalue weighted by atomic mass is 32.2. The Labute approximate surface area is 162 Å². The van der Waals surface area contributed by atoms with Gasteiger partial charge in [-0.1, -0.05) is 17.8 Å². The van der Waals surface area contributed by atoms with Gasteiger partial charge in [0.25, 0.3) is 0 Å². The van der Waals surface area contributed by atoms with Crippen LogP contribution < -0.4 is 5.32 Å². The molecule has 2 N–H and O–H groups in total. The molecule has 1 aliphatic carbocycles. The van der Waals surface area contributed by atoms with Gasteiger partial charge in [-0.15, -0.1) is 0 Å². The molecular weight excluding hydrogens is 364 g/mol. The number of aromatic nitrogens is 3. The molecule has 2 aliphatic rings. The van der Waals surface area contributed by atoms with Gasteiger partial charge in [-0.05, 0) is 38.0 Å². The Balaban J connectivity index is 1.57. The number of nitrogens with zero attached hydrogens (tertiary/aromatic N) is 3. The van der Waals surface area contributed by atoms with E-state index in [-0.39, 0.29) is 12.4 Å². The number of rotatable bonds is 5. The van der Waals surface area contributed by atoms with E-state index in [1.165, 1.54) is 11.8 Å². The summed E-state index contributed by atoms with van der Waals surface area (Å²) in [5, 5.41) is 14.0. The van der Waals surface area contributed by atoms with Crippen LogP contribution in [0.4, 0.5) is 5.82 Å². The molecule has 1 saturated carbocycles. The number of anilines is 1. The zero-order chi connectivity index (χ0) is 18.6. The van der Waals surface area contributed by atoms with E-state index in [2.05, 4.69) is 20.3 Å². The molecule has 0 unspecified atom stereocenters. The van der Waals surface area contributed by atoms with Crippen molar-refractivity contribution in [2.24, 2.45) is 0 Å². The highest BCUT2D eigenvalue weighted by molar-refractivity contribution is 7.98. The first-order valence-corrected chi connectivity index (χ1v) is 10.5. The fourth-order valence-electron chi connectivity index (χ4n) is 3.43. The molecule has 1 aliphatic heterocycles. The van der Waals surface area contributed by atoms with E-state index in [9.17, 15) is 5.11 Å². The van der Waals surface area contributed by atoms with Crippen molar-refractivity contribution in [3.63, 3.8) is 0 Å². The Hall–Kier alpha value is -1.74. The van der Waals surface area contributed by atoms with E-state index in [1.54, 1.807) is 6.20 Å². The summed E-state index contributed by atoms with van der Waals surface area (Å²) >= 11 is 1.51. The zero-order valence-corrected chi connectivity index (χ0v) is 16.1. The van der Waals surface area contributed by atoms with Crippen molar-refractivity contribution < 1.29 is 14.6 Å². The molecular formula is C19H24N4O3S. The van der Waals surface area contributed by atoms with Gasteiger partial charge in [0.1, 0.15) is 5.82 Å². The van der Waals surface area contributed by atoms with Crippen LogP contribution in [0.15, 0.2) is 29.7 Å². The first kappa shape index (κ1) is 18.6. The minimum Gasteiger partial charge on any atom is -0.393 e. The molecule has 3 heterocycles. The molecule has 2 aromatic rings. The van der Waals surface area contributed by atoms with Gasteiger partial charge >= 0.3 is 0 Å². The Morgan fingerprint density at radius 1 is 1.07 bits per heavy atom. The number of ether oxygens (including phenoxy) is 2. The Morgan fingerprint density at radius 3 is 2.52 bits per heavy atom. The Kier molecular flexibility index (Phi) is 5.87. The molecule has 0 atom stereocenters. The number of aliphatic hydroxyl groups is 1. The average Bonchev–Trinajstić information content (AvgIpc) is 3.25. The monoisotopic (exact) mass is 388 g/mol. The van der Waals surface area contributed by atoms with Crippen LogP contribution in [0, 0.1) is 0 Å². The highest BCUT2D eigenvalue weighted by Crippen LogP contribution is 2.30. The van der Waals surface area contributed by atoms with Crippen LogP contribution in [0.25, 0.3) is 11.3 Å². The molecule has 27 heavy (non-hydrogen) atoms. The van der Waals surface area contributed by atoms with E-state index in [1.807, 2.05) is 24.6 Å². The summed E-state index contributed by atoms with van der Waals surface area (Å²) in [6.45, 7) is 1.22. The van der Waals surface area contributed by atoms with Gasteiger partial charge in [-0.25, -0.2) is 9.97 Å². The number of thioether (sulfide) groups is 1. The van der Waals surface area contributed by atoms with Crippen LogP contribution in [0.3, 0.4) is 0 Å². The topological polar surface area (TPSA) is 89.4 Å². The second-order valence-electron chi connectivity index (χ2n) is 6.82. The maximum absolute atomic E-state index is 9.74. The standard InChI is InChI=1S/C19H24N4O3S/c1-27-19-21-11-15(17(23-19)22-13-3-5-14(24)6-4-13)16-7-2-12(10-20-16)18-25-8-9-26-18/h2,7,10-11,13-14,18,24H,3-6,8-9H2,1H3,(H,21,22,23). The van der Waals surface area contributed by atoms with Gasteiger partial charge in [0.15, 0.2) is 11.4 Å². The van der Waals surface area contributed by atoms with Gasteiger partial charge in [0.2, 0.25) is 0 Å². The predicted molar refractivity (Wildman–Crippen MR) is 104 cm³/mol. The van der Waals surface area contributed by atoms with Crippen LogP contribution in [-0.2, 0) is 9.47 Å². The second-order valence-corrected chi connectivity index (χ2v) is 7.59. The summed E-state index contributed by atoms with van der Waals surface area (Å²) in [7, 11) is 0. The van der Waals surface area contributed by atoms with Crippen molar-refractivity contribution in [1.82, 2.24) is 15.0 Å². The molecule has 0 radical (unpaired) electrons. The van der Waals surface area contributed by atoms with Gasteiger partial charge in [-0.3, -0.25) is 4.98 Å². The molecule has 0 bridgehead atoms. The summed E-state index contributed by atoms with van der Waals surface area (Å²) < 4.78 is 11.1. The van der Waals surface area contributed by atoms with E-state index in [4.69, 9.17) is 9.47 Å². The molecule has 2 aromatic heterocycles. The molecule has 1 saturated heterocycles. The summed E-state index contributed by atoms with van der Waals surface area (Å²) in [4.78, 5) is 13.7. The molecule has 8 heteroatoms. The lowest BCUT2D eigenvalue weighted by Gasteiger charge is -2.27. The predicted octanol–water partition coefficient (Wildman–Crippen LogP) is 3.02. The lowest BCUT2D eigenvalue weighted by Crippen LogP contribution is -2.28. The molecule has 0 aromatic carbocycles. The van der Waals surface area contributed by atoms with Crippen molar-refractivity contribution in [1.29, 1.82) is 0 Å². The van der Waals surface area contributed by atoms with Crippen LogP contribution in [0.5, 0.6) is 0 Å². The maximum Gasteiger partial charge on any atom is 0.189 e. The van der Waals surface area contributed by atoms with Crippen molar-refractivity contribution in [3.05, 3.63) is 30.1 Å². The lowest BCUT2D eigenvalue weighted by atomic mass is 9.93. The SMILES string of the molecule is CSc1ncc(-c2ccc(C3OCCO3)cn2)c(NC2CCC(O)CC2)n1. The van der Waals surface area contributed by atoms with Gasteiger partial charge in [0.05, 0.1) is 30.6 Å². The second kappa shape index (κ2) is 8.52. The third kappa shape index (κ3) is 4.40. The van der Waals surface area contributed by atoms with Gasteiger partial charge in [-0.2, -0.15) is 0 Å². The van der Waals surface area contributed by atoms with E-state index in [0.29, 0.717) is 19.3 Å².